The Kier molecular flexibility index (Phi) is 4.00. The molecule has 0 spiro atoms. The summed E-state index contributed by atoms with van der Waals surface area (Å²) in [5.41, 5.74) is 0.842. The van der Waals surface area contributed by atoms with Crippen molar-refractivity contribution < 1.29 is 13.9 Å². The van der Waals surface area contributed by atoms with Crippen LogP contribution in [-0.4, -0.2) is 12.1 Å². The second kappa shape index (κ2) is 5.51. The fourth-order valence-electron chi connectivity index (χ4n) is 2.49. The molecule has 0 bridgehead atoms. The number of aryl methyl sites for hydroxylation is 1. The fraction of sp³-hybridized carbons (Fsp3) is 0.533. The Morgan fingerprint density at radius 3 is 2.83 bits per heavy atom. The van der Waals surface area contributed by atoms with Crippen molar-refractivity contribution in [1.82, 2.24) is 0 Å². The van der Waals surface area contributed by atoms with E-state index in [4.69, 9.17) is 4.74 Å². The molecule has 0 saturated heterocycles. The monoisotopic (exact) mass is 250 g/mol. The molecule has 0 heterocycles. The maximum atomic E-state index is 13.6. The summed E-state index contributed by atoms with van der Waals surface area (Å²) in [7, 11) is 0. The van der Waals surface area contributed by atoms with Gasteiger partial charge in [-0.25, -0.2) is 9.18 Å². The van der Waals surface area contributed by atoms with Gasteiger partial charge in [-0.1, -0.05) is 19.4 Å². The maximum Gasteiger partial charge on any atom is 0.341 e. The third kappa shape index (κ3) is 3.09. The van der Waals surface area contributed by atoms with Crippen LogP contribution in [0.1, 0.15) is 48.5 Å². The second-order valence-electron chi connectivity index (χ2n) is 5.28. The SMILES string of the molecule is Cc1ccc(C(=O)OC2CCCC(C)C2)c(F)c1. The van der Waals surface area contributed by atoms with E-state index < -0.39 is 11.8 Å². The molecule has 2 unspecified atom stereocenters. The van der Waals surface area contributed by atoms with E-state index in [-0.39, 0.29) is 11.7 Å². The molecule has 0 radical (unpaired) electrons. The lowest BCUT2D eigenvalue weighted by molar-refractivity contribution is 0.0150. The molecule has 0 amide bonds. The van der Waals surface area contributed by atoms with Crippen molar-refractivity contribution in [1.29, 1.82) is 0 Å². The lowest BCUT2D eigenvalue weighted by Gasteiger charge is -2.26. The Hall–Kier alpha value is -1.38. The van der Waals surface area contributed by atoms with Gasteiger partial charge < -0.3 is 4.74 Å². The normalized spacial score (nSPS) is 23.7. The van der Waals surface area contributed by atoms with Crippen LogP contribution < -0.4 is 0 Å². The van der Waals surface area contributed by atoms with Gasteiger partial charge in [0, 0.05) is 0 Å². The quantitative estimate of drug-likeness (QED) is 0.745. The van der Waals surface area contributed by atoms with Gasteiger partial charge >= 0.3 is 5.97 Å². The summed E-state index contributed by atoms with van der Waals surface area (Å²) in [6, 6.07) is 4.59. The van der Waals surface area contributed by atoms with Crippen LogP contribution in [0, 0.1) is 18.7 Å². The van der Waals surface area contributed by atoms with Gasteiger partial charge in [0.15, 0.2) is 0 Å². The van der Waals surface area contributed by atoms with Crippen molar-refractivity contribution in [2.24, 2.45) is 5.92 Å². The van der Waals surface area contributed by atoms with Crippen molar-refractivity contribution >= 4 is 5.97 Å². The van der Waals surface area contributed by atoms with E-state index in [1.807, 2.05) is 0 Å². The van der Waals surface area contributed by atoms with Crippen molar-refractivity contribution in [3.05, 3.63) is 35.1 Å². The van der Waals surface area contributed by atoms with E-state index in [1.54, 1.807) is 13.0 Å². The van der Waals surface area contributed by atoms with Gasteiger partial charge in [-0.3, -0.25) is 0 Å². The van der Waals surface area contributed by atoms with Gasteiger partial charge in [0.1, 0.15) is 11.9 Å². The number of rotatable bonds is 2. The zero-order valence-corrected chi connectivity index (χ0v) is 10.9. The minimum Gasteiger partial charge on any atom is -0.459 e. The molecule has 98 valence electrons. The molecule has 1 aliphatic rings. The maximum absolute atomic E-state index is 13.6. The Bertz CT molecular complexity index is 442. The minimum absolute atomic E-state index is 0.0406. The number of halogens is 1. The molecule has 1 aliphatic carbocycles. The molecule has 1 aromatic rings. The highest BCUT2D eigenvalue weighted by molar-refractivity contribution is 5.89. The zero-order chi connectivity index (χ0) is 13.1. The zero-order valence-electron chi connectivity index (χ0n) is 10.9. The lowest BCUT2D eigenvalue weighted by Crippen LogP contribution is -2.25. The summed E-state index contributed by atoms with van der Waals surface area (Å²) < 4.78 is 19.0. The Balaban J connectivity index is 2.03. The fourth-order valence-corrected chi connectivity index (χ4v) is 2.49. The van der Waals surface area contributed by atoms with Gasteiger partial charge in [-0.05, 0) is 49.8 Å². The van der Waals surface area contributed by atoms with E-state index >= 15 is 0 Å². The number of carbonyl (C=O) groups is 1. The molecule has 1 aromatic carbocycles. The van der Waals surface area contributed by atoms with E-state index in [1.165, 1.54) is 18.6 Å². The predicted molar refractivity (Wildman–Crippen MR) is 68.0 cm³/mol. The molecule has 0 N–H and O–H groups in total. The first kappa shape index (κ1) is 13.1. The van der Waals surface area contributed by atoms with Crippen molar-refractivity contribution in [2.45, 2.75) is 45.6 Å². The van der Waals surface area contributed by atoms with Crippen LogP contribution in [-0.2, 0) is 4.74 Å². The number of hydrogen-bond donors (Lipinski definition) is 0. The lowest BCUT2D eigenvalue weighted by atomic mass is 9.89. The van der Waals surface area contributed by atoms with Crippen LogP contribution in [0.5, 0.6) is 0 Å². The molecular formula is C15H19FO2. The van der Waals surface area contributed by atoms with E-state index in [2.05, 4.69) is 6.92 Å². The smallest absolute Gasteiger partial charge is 0.341 e. The van der Waals surface area contributed by atoms with E-state index in [0.717, 1.165) is 24.8 Å². The first-order valence-electron chi connectivity index (χ1n) is 6.53. The molecule has 0 aromatic heterocycles. The standard InChI is InChI=1S/C15H19FO2/c1-10-4-3-5-12(8-10)18-15(17)13-7-6-11(2)9-14(13)16/h6-7,9-10,12H,3-5,8H2,1-2H3. The summed E-state index contributed by atoms with van der Waals surface area (Å²) in [4.78, 5) is 11.9. The number of carbonyl (C=O) groups excluding carboxylic acids is 1. The highest BCUT2D eigenvalue weighted by Gasteiger charge is 2.23. The molecule has 2 nitrogen and oxygen atoms in total. The van der Waals surface area contributed by atoms with Crippen molar-refractivity contribution in [3.63, 3.8) is 0 Å². The first-order chi connectivity index (χ1) is 8.56. The van der Waals surface area contributed by atoms with E-state index in [0.29, 0.717) is 5.92 Å². The number of hydrogen-bond acceptors (Lipinski definition) is 2. The average Bonchev–Trinajstić information content (AvgIpc) is 2.28. The number of ether oxygens (including phenoxy) is 1. The highest BCUT2D eigenvalue weighted by Crippen LogP contribution is 2.26. The third-order valence-corrected chi connectivity index (χ3v) is 3.51. The van der Waals surface area contributed by atoms with Crippen LogP contribution in [0.4, 0.5) is 4.39 Å². The average molecular weight is 250 g/mol. The molecule has 2 atom stereocenters. The van der Waals surface area contributed by atoms with Crippen molar-refractivity contribution in [3.8, 4) is 0 Å². The molecule has 1 saturated carbocycles. The first-order valence-corrected chi connectivity index (χ1v) is 6.53. The molecule has 18 heavy (non-hydrogen) atoms. The van der Waals surface area contributed by atoms with Crippen LogP contribution in [0.15, 0.2) is 18.2 Å². The van der Waals surface area contributed by atoms with Gasteiger partial charge in [0.2, 0.25) is 0 Å². The van der Waals surface area contributed by atoms with Crippen LogP contribution in [0.2, 0.25) is 0 Å². The van der Waals surface area contributed by atoms with Gasteiger partial charge in [0.25, 0.3) is 0 Å². The Morgan fingerprint density at radius 2 is 2.17 bits per heavy atom. The molecular weight excluding hydrogens is 231 g/mol. The van der Waals surface area contributed by atoms with Gasteiger partial charge in [-0.2, -0.15) is 0 Å². The number of benzene rings is 1. The largest absolute Gasteiger partial charge is 0.459 e. The molecule has 2 rings (SSSR count). The summed E-state index contributed by atoms with van der Waals surface area (Å²) in [5.74, 6) is -0.449. The third-order valence-electron chi connectivity index (χ3n) is 3.51. The van der Waals surface area contributed by atoms with Crippen molar-refractivity contribution in [2.75, 3.05) is 0 Å². The molecule has 0 aliphatic heterocycles. The van der Waals surface area contributed by atoms with Crippen LogP contribution in [0.25, 0.3) is 0 Å². The Labute approximate surface area is 107 Å². The topological polar surface area (TPSA) is 26.3 Å². The van der Waals surface area contributed by atoms with Gasteiger partial charge in [-0.15, -0.1) is 0 Å². The van der Waals surface area contributed by atoms with Crippen LogP contribution >= 0.6 is 0 Å². The molecule has 3 heteroatoms. The summed E-state index contributed by atoms with van der Waals surface area (Å²) >= 11 is 0. The molecule has 1 fully saturated rings. The Morgan fingerprint density at radius 1 is 1.39 bits per heavy atom. The van der Waals surface area contributed by atoms with Gasteiger partial charge in [0.05, 0.1) is 5.56 Å². The van der Waals surface area contributed by atoms with Crippen LogP contribution in [0.3, 0.4) is 0 Å². The summed E-state index contributed by atoms with van der Waals surface area (Å²) in [6.45, 7) is 3.95. The highest BCUT2D eigenvalue weighted by atomic mass is 19.1. The predicted octanol–water partition coefficient (Wildman–Crippen LogP) is 3.87. The second-order valence-corrected chi connectivity index (χ2v) is 5.28. The summed E-state index contributed by atoms with van der Waals surface area (Å²) in [6.07, 6.45) is 3.99. The minimum atomic E-state index is -0.536. The number of esters is 1. The van der Waals surface area contributed by atoms with E-state index in [9.17, 15) is 9.18 Å². The summed E-state index contributed by atoms with van der Waals surface area (Å²) in [5, 5.41) is 0.